The molecule has 1 aliphatic rings. The largest absolute Gasteiger partial charge is 0.454 e. The zero-order chi connectivity index (χ0) is 28.4. The quantitative estimate of drug-likeness (QED) is 0.312. The molecule has 0 fully saturated rings. The predicted molar refractivity (Wildman–Crippen MR) is 159 cm³/mol. The van der Waals surface area contributed by atoms with Crippen molar-refractivity contribution in [3.05, 3.63) is 89.0 Å². The van der Waals surface area contributed by atoms with Gasteiger partial charge in [0.25, 0.3) is 5.91 Å². The summed E-state index contributed by atoms with van der Waals surface area (Å²) in [5, 5.41) is 1.59. The molecule has 0 saturated carbocycles. The third kappa shape index (κ3) is 6.22. The van der Waals surface area contributed by atoms with Gasteiger partial charge in [0.15, 0.2) is 5.76 Å². The number of aromatic nitrogens is 1. The third-order valence-corrected chi connectivity index (χ3v) is 8.85. The Kier molecular flexibility index (Phi) is 8.26. The van der Waals surface area contributed by atoms with Gasteiger partial charge in [-0.2, -0.15) is 0 Å². The maximum absolute atomic E-state index is 13.9. The summed E-state index contributed by atoms with van der Waals surface area (Å²) < 4.78 is 35.3. The molecule has 212 valence electrons. The molecule has 0 spiro atoms. The molecule has 40 heavy (non-hydrogen) atoms. The molecule has 0 bridgehead atoms. The Labute approximate surface area is 240 Å². The van der Waals surface area contributed by atoms with E-state index in [1.54, 1.807) is 29.2 Å². The highest BCUT2D eigenvalue weighted by molar-refractivity contribution is 7.92. The van der Waals surface area contributed by atoms with Gasteiger partial charge in [0.1, 0.15) is 5.76 Å². The second kappa shape index (κ2) is 11.7. The molecule has 4 aromatic rings. The lowest BCUT2D eigenvalue weighted by atomic mass is 10.1. The number of amides is 1. The van der Waals surface area contributed by atoms with E-state index in [-0.39, 0.29) is 24.3 Å². The number of hydrogen-bond acceptors (Lipinski definition) is 5. The number of para-hydroxylation sites is 1. The Morgan fingerprint density at radius 2 is 1.80 bits per heavy atom. The monoisotopic (exact) mass is 582 g/mol. The van der Waals surface area contributed by atoms with Crippen LogP contribution in [0.15, 0.2) is 71.3 Å². The second-order valence-corrected chi connectivity index (χ2v) is 12.9. The van der Waals surface area contributed by atoms with Crippen LogP contribution in [0.1, 0.15) is 42.1 Å². The third-order valence-electron chi connectivity index (χ3n) is 7.44. The van der Waals surface area contributed by atoms with E-state index in [9.17, 15) is 13.2 Å². The van der Waals surface area contributed by atoms with Gasteiger partial charge in [0, 0.05) is 55.5 Å². The van der Waals surface area contributed by atoms with Crippen LogP contribution in [0, 0.1) is 0 Å². The minimum atomic E-state index is -3.57. The number of benzene rings is 2. The molecule has 0 saturated heterocycles. The summed E-state index contributed by atoms with van der Waals surface area (Å²) in [6.07, 6.45) is 3.87. The molecule has 2 aromatic carbocycles. The van der Waals surface area contributed by atoms with E-state index in [2.05, 4.69) is 41.5 Å². The van der Waals surface area contributed by atoms with Crippen LogP contribution in [0.3, 0.4) is 0 Å². The van der Waals surface area contributed by atoms with Crippen molar-refractivity contribution in [2.24, 2.45) is 0 Å². The van der Waals surface area contributed by atoms with Crippen LogP contribution in [0.2, 0.25) is 5.02 Å². The first-order chi connectivity index (χ1) is 19.1. The normalized spacial score (nSPS) is 15.8. The molecule has 10 heteroatoms. The molecular weight excluding hydrogens is 548 g/mol. The molecule has 0 atom stereocenters. The molecule has 2 aromatic heterocycles. The highest BCUT2D eigenvalue weighted by Gasteiger charge is 2.27. The number of rotatable bonds is 5. The molecule has 0 aliphatic carbocycles. The Morgan fingerprint density at radius 1 is 1.00 bits per heavy atom. The summed E-state index contributed by atoms with van der Waals surface area (Å²) >= 11 is 6.32. The van der Waals surface area contributed by atoms with Crippen LogP contribution in [-0.4, -0.2) is 67.2 Å². The van der Waals surface area contributed by atoms with Crippen LogP contribution in [0.4, 0.5) is 5.69 Å². The number of carbonyl (C=O) groups excluding carboxylic acids is 1. The van der Waals surface area contributed by atoms with Crippen molar-refractivity contribution < 1.29 is 17.6 Å². The molecule has 3 heterocycles. The van der Waals surface area contributed by atoms with Crippen molar-refractivity contribution in [2.75, 3.05) is 36.7 Å². The van der Waals surface area contributed by atoms with Crippen LogP contribution in [-0.2, 0) is 23.1 Å². The van der Waals surface area contributed by atoms with E-state index in [1.807, 2.05) is 24.4 Å². The molecular formula is C30H35ClN4O4S. The fourth-order valence-corrected chi connectivity index (χ4v) is 6.45. The van der Waals surface area contributed by atoms with Gasteiger partial charge in [0.05, 0.1) is 18.5 Å². The number of furan rings is 1. The van der Waals surface area contributed by atoms with E-state index < -0.39 is 10.0 Å². The maximum atomic E-state index is 13.9. The Balaban J connectivity index is 1.46. The Hall–Kier alpha value is -3.27. The smallest absolute Gasteiger partial charge is 0.289 e. The van der Waals surface area contributed by atoms with Gasteiger partial charge in [-0.15, -0.1) is 0 Å². The van der Waals surface area contributed by atoms with Crippen LogP contribution in [0.5, 0.6) is 0 Å². The van der Waals surface area contributed by atoms with Crippen LogP contribution >= 0.6 is 11.6 Å². The van der Waals surface area contributed by atoms with Gasteiger partial charge < -0.3 is 13.9 Å². The Bertz CT molecular complexity index is 1610. The fourth-order valence-electron chi connectivity index (χ4n) is 5.30. The van der Waals surface area contributed by atoms with Gasteiger partial charge in [-0.1, -0.05) is 35.9 Å². The first-order valence-corrected chi connectivity index (χ1v) is 15.7. The lowest BCUT2D eigenvalue weighted by Gasteiger charge is -2.29. The van der Waals surface area contributed by atoms with Crippen molar-refractivity contribution in [1.29, 1.82) is 0 Å². The van der Waals surface area contributed by atoms with Gasteiger partial charge in [-0.25, -0.2) is 8.42 Å². The molecule has 5 rings (SSSR count). The maximum Gasteiger partial charge on any atom is 0.289 e. The highest BCUT2D eigenvalue weighted by atomic mass is 35.5. The van der Waals surface area contributed by atoms with Crippen molar-refractivity contribution in [2.45, 2.75) is 39.4 Å². The summed E-state index contributed by atoms with van der Waals surface area (Å²) in [6, 6.07) is 19.2. The van der Waals surface area contributed by atoms with Crippen molar-refractivity contribution >= 4 is 44.1 Å². The minimum absolute atomic E-state index is 0.224. The number of hydrogen-bond donors (Lipinski definition) is 0. The first-order valence-electron chi connectivity index (χ1n) is 13.5. The van der Waals surface area contributed by atoms with Crippen LogP contribution in [0.25, 0.3) is 10.9 Å². The average molecular weight is 583 g/mol. The standard InChI is InChI=1S/C30H35ClN4O4S/c1-22(2)32-14-6-15-35(40(3,37)38)28-19-25(31)10-9-24(28)20-34(18-17-32)30(36)29-12-11-26(39-29)21-33-16-13-23-7-4-5-8-27(23)33/h4-5,7-13,16,19,22H,6,14-15,17-18,20-21H2,1-3H3. The Morgan fingerprint density at radius 3 is 2.58 bits per heavy atom. The van der Waals surface area contributed by atoms with Crippen molar-refractivity contribution in [1.82, 2.24) is 14.4 Å². The van der Waals surface area contributed by atoms with E-state index in [4.69, 9.17) is 16.0 Å². The van der Waals surface area contributed by atoms with E-state index in [0.717, 1.165) is 10.9 Å². The summed E-state index contributed by atoms with van der Waals surface area (Å²) in [4.78, 5) is 17.9. The summed E-state index contributed by atoms with van der Waals surface area (Å²) in [5.74, 6) is 0.702. The van der Waals surface area contributed by atoms with E-state index >= 15 is 0 Å². The van der Waals surface area contributed by atoms with Crippen LogP contribution < -0.4 is 4.31 Å². The zero-order valence-electron chi connectivity index (χ0n) is 23.1. The molecule has 0 N–H and O–H groups in total. The SMILES string of the molecule is CC(C)N1CCCN(S(C)(=O)=O)c2cc(Cl)ccc2CN(C(=O)c2ccc(Cn3ccc4ccccc43)o2)CC1. The number of sulfonamides is 1. The number of halogens is 1. The number of nitrogens with zero attached hydrogens (tertiary/aromatic N) is 4. The number of fused-ring (bicyclic) bond motifs is 2. The summed E-state index contributed by atoms with van der Waals surface area (Å²) in [7, 11) is -3.57. The first kappa shape index (κ1) is 28.3. The van der Waals surface area contributed by atoms with E-state index in [0.29, 0.717) is 61.2 Å². The molecule has 1 aliphatic heterocycles. The van der Waals surface area contributed by atoms with Gasteiger partial charge in [-0.05, 0) is 67.6 Å². The lowest BCUT2D eigenvalue weighted by molar-refractivity contribution is 0.0678. The lowest BCUT2D eigenvalue weighted by Crippen LogP contribution is -2.41. The zero-order valence-corrected chi connectivity index (χ0v) is 24.7. The minimum Gasteiger partial charge on any atom is -0.454 e. The molecule has 8 nitrogen and oxygen atoms in total. The molecule has 0 radical (unpaired) electrons. The summed E-state index contributed by atoms with van der Waals surface area (Å²) in [6.45, 7) is 7.12. The molecule has 1 amide bonds. The van der Waals surface area contributed by atoms with Gasteiger partial charge in [-0.3, -0.25) is 14.0 Å². The van der Waals surface area contributed by atoms with Gasteiger partial charge in [0.2, 0.25) is 10.0 Å². The molecule has 0 unspecified atom stereocenters. The highest BCUT2D eigenvalue weighted by Crippen LogP contribution is 2.30. The predicted octanol–water partition coefficient (Wildman–Crippen LogP) is 5.46. The number of anilines is 1. The summed E-state index contributed by atoms with van der Waals surface area (Å²) in [5.41, 5.74) is 2.32. The number of carbonyl (C=O) groups is 1. The topological polar surface area (TPSA) is 79.0 Å². The van der Waals surface area contributed by atoms with Crippen molar-refractivity contribution in [3.63, 3.8) is 0 Å². The van der Waals surface area contributed by atoms with Gasteiger partial charge >= 0.3 is 0 Å². The van der Waals surface area contributed by atoms with E-state index in [1.165, 1.54) is 10.6 Å². The second-order valence-electron chi connectivity index (χ2n) is 10.6. The fraction of sp³-hybridized carbons (Fsp3) is 0.367. The average Bonchev–Trinajstić information content (AvgIpc) is 3.53. The van der Waals surface area contributed by atoms with Crippen molar-refractivity contribution in [3.8, 4) is 0 Å².